The number of aromatic nitrogens is 4. The molecule has 1 amide bonds. The van der Waals surface area contributed by atoms with Gasteiger partial charge in [-0.3, -0.25) is 14.1 Å². The number of anilines is 2. The van der Waals surface area contributed by atoms with Gasteiger partial charge in [0, 0.05) is 18.5 Å². The molecule has 0 saturated heterocycles. The van der Waals surface area contributed by atoms with Crippen molar-refractivity contribution in [3.63, 3.8) is 0 Å². The fourth-order valence-corrected chi connectivity index (χ4v) is 4.47. The van der Waals surface area contributed by atoms with Crippen molar-refractivity contribution in [2.24, 2.45) is 0 Å². The molecule has 0 spiro atoms. The van der Waals surface area contributed by atoms with E-state index < -0.39 is 0 Å². The van der Waals surface area contributed by atoms with Crippen LogP contribution < -0.4 is 10.6 Å². The molecule has 0 aliphatic heterocycles. The highest BCUT2D eigenvalue weighted by Crippen LogP contribution is 2.34. The number of carbonyl (C=O) groups excluding carboxylic acids is 1. The Morgan fingerprint density at radius 2 is 1.90 bits per heavy atom. The maximum Gasteiger partial charge on any atom is 0.350 e. The molecule has 0 bridgehead atoms. The van der Waals surface area contributed by atoms with Gasteiger partial charge >= 0.3 is 5.69 Å². The van der Waals surface area contributed by atoms with Crippen molar-refractivity contribution in [3.8, 4) is 0 Å². The summed E-state index contributed by atoms with van der Waals surface area (Å²) in [4.78, 5) is 31.3. The highest BCUT2D eigenvalue weighted by molar-refractivity contribution is 7.14. The molecule has 29 heavy (non-hydrogen) atoms. The minimum absolute atomic E-state index is 0.106. The Hall–Kier alpha value is -3.26. The number of nitrogens with zero attached hydrogens (tertiary/aromatic N) is 5. The zero-order valence-electron chi connectivity index (χ0n) is 16.7. The van der Waals surface area contributed by atoms with Crippen molar-refractivity contribution in [2.45, 2.75) is 34.2 Å². The highest BCUT2D eigenvalue weighted by Gasteiger charge is 2.22. The number of thiazole rings is 1. The van der Waals surface area contributed by atoms with Gasteiger partial charge < -0.3 is 0 Å². The van der Waals surface area contributed by atoms with Crippen LogP contribution in [0.1, 0.15) is 29.3 Å². The van der Waals surface area contributed by atoms with Crippen LogP contribution in [0, 0.1) is 20.8 Å². The summed E-state index contributed by atoms with van der Waals surface area (Å²) in [5, 5.41) is 6.79. The maximum atomic E-state index is 12.5. The lowest BCUT2D eigenvalue weighted by Crippen LogP contribution is -2.25. The van der Waals surface area contributed by atoms with Gasteiger partial charge in [-0.1, -0.05) is 23.8 Å². The first-order valence-electron chi connectivity index (χ1n) is 9.22. The molecule has 0 unspecified atom stereocenters. The molecule has 4 aromatic rings. The number of amides is 1. The van der Waals surface area contributed by atoms with E-state index in [4.69, 9.17) is 0 Å². The molecular weight excluding hydrogens is 386 g/mol. The molecule has 4 rings (SSSR count). The summed E-state index contributed by atoms with van der Waals surface area (Å²) in [5.41, 5.74) is 5.10. The van der Waals surface area contributed by atoms with E-state index >= 15 is 0 Å². The third-order valence-corrected chi connectivity index (χ3v) is 5.58. The lowest BCUT2D eigenvalue weighted by atomic mass is 10.0. The Labute approximate surface area is 171 Å². The number of aryl methyl sites for hydroxylation is 3. The van der Waals surface area contributed by atoms with Gasteiger partial charge in [-0.15, -0.1) is 16.4 Å². The molecular formula is C21H21N5O2S. The first-order valence-corrected chi connectivity index (χ1v) is 10.1. The molecule has 7 nitrogen and oxygen atoms in total. The zero-order chi connectivity index (χ0) is 20.7. The molecule has 1 aromatic carbocycles. The Morgan fingerprint density at radius 1 is 1.17 bits per heavy atom. The van der Waals surface area contributed by atoms with E-state index in [-0.39, 0.29) is 18.1 Å². The Bertz CT molecular complexity index is 1260. The van der Waals surface area contributed by atoms with Crippen molar-refractivity contribution in [3.05, 3.63) is 74.8 Å². The van der Waals surface area contributed by atoms with Crippen molar-refractivity contribution in [1.29, 1.82) is 0 Å². The molecule has 0 radical (unpaired) electrons. The van der Waals surface area contributed by atoms with Gasteiger partial charge in [0.25, 0.3) is 0 Å². The van der Waals surface area contributed by atoms with Crippen molar-refractivity contribution in [2.75, 3.05) is 4.90 Å². The van der Waals surface area contributed by atoms with Crippen LogP contribution in [-0.2, 0) is 11.3 Å². The SMILES string of the molecule is CC(=O)N(c1nc(Cn2nc3ccccn3c2=O)cs1)c1c(C)cc(C)cc1C. The van der Waals surface area contributed by atoms with E-state index in [2.05, 4.69) is 22.2 Å². The molecule has 0 N–H and O–H groups in total. The van der Waals surface area contributed by atoms with E-state index in [1.54, 1.807) is 23.2 Å². The fourth-order valence-electron chi connectivity index (χ4n) is 3.61. The predicted octanol–water partition coefficient (Wildman–Crippen LogP) is 3.61. The van der Waals surface area contributed by atoms with Crippen LogP contribution in [0.25, 0.3) is 5.65 Å². The van der Waals surface area contributed by atoms with Gasteiger partial charge in [0.2, 0.25) is 5.91 Å². The summed E-state index contributed by atoms with van der Waals surface area (Å²) < 4.78 is 2.88. The van der Waals surface area contributed by atoms with Crippen LogP contribution in [0.3, 0.4) is 0 Å². The minimum atomic E-state index is -0.219. The quantitative estimate of drug-likeness (QED) is 0.518. The van der Waals surface area contributed by atoms with E-state index in [1.165, 1.54) is 27.3 Å². The summed E-state index contributed by atoms with van der Waals surface area (Å²) in [6.07, 6.45) is 1.69. The Kier molecular flexibility index (Phi) is 4.79. The summed E-state index contributed by atoms with van der Waals surface area (Å²) >= 11 is 1.38. The average Bonchev–Trinajstić information content (AvgIpc) is 3.23. The number of pyridine rings is 1. The first-order chi connectivity index (χ1) is 13.8. The van der Waals surface area contributed by atoms with Crippen LogP contribution >= 0.6 is 11.3 Å². The first kappa shape index (κ1) is 19.1. The highest BCUT2D eigenvalue weighted by atomic mass is 32.1. The fraction of sp³-hybridized carbons (Fsp3) is 0.238. The van der Waals surface area contributed by atoms with Crippen LogP contribution in [0.4, 0.5) is 10.8 Å². The van der Waals surface area contributed by atoms with E-state index in [9.17, 15) is 9.59 Å². The van der Waals surface area contributed by atoms with Crippen LogP contribution in [0.2, 0.25) is 0 Å². The van der Waals surface area contributed by atoms with Crippen molar-refractivity contribution < 1.29 is 4.79 Å². The van der Waals surface area contributed by atoms with E-state index in [1.807, 2.05) is 32.2 Å². The number of benzene rings is 1. The van der Waals surface area contributed by atoms with Gasteiger partial charge in [-0.05, 0) is 44.0 Å². The topological polar surface area (TPSA) is 72.5 Å². The Balaban J connectivity index is 1.70. The monoisotopic (exact) mass is 407 g/mol. The number of hydrogen-bond donors (Lipinski definition) is 0. The minimum Gasteiger partial charge on any atom is -0.274 e. The molecule has 3 heterocycles. The van der Waals surface area contributed by atoms with Crippen LogP contribution in [0.5, 0.6) is 0 Å². The second-order valence-electron chi connectivity index (χ2n) is 7.09. The predicted molar refractivity (Wildman–Crippen MR) is 114 cm³/mol. The Morgan fingerprint density at radius 3 is 2.55 bits per heavy atom. The number of carbonyl (C=O) groups is 1. The van der Waals surface area contributed by atoms with Gasteiger partial charge in [0.1, 0.15) is 0 Å². The second kappa shape index (κ2) is 7.29. The van der Waals surface area contributed by atoms with E-state index in [0.29, 0.717) is 16.5 Å². The summed E-state index contributed by atoms with van der Waals surface area (Å²) in [7, 11) is 0. The van der Waals surface area contributed by atoms with Crippen molar-refractivity contribution in [1.82, 2.24) is 19.2 Å². The normalized spacial score (nSPS) is 11.2. The molecule has 0 fully saturated rings. The molecule has 8 heteroatoms. The van der Waals surface area contributed by atoms with Gasteiger partial charge in [-0.25, -0.2) is 14.5 Å². The van der Waals surface area contributed by atoms with Gasteiger partial charge in [0.05, 0.1) is 17.9 Å². The zero-order valence-corrected chi connectivity index (χ0v) is 17.5. The standard InChI is InChI=1S/C21H21N5O2S/c1-13-9-14(2)19(15(3)10-13)26(16(4)27)20-22-17(12-29-20)11-25-21(28)24-8-6-5-7-18(24)23-25/h5-10,12H,11H2,1-4H3. The van der Waals surface area contributed by atoms with Gasteiger partial charge in [0.15, 0.2) is 10.8 Å². The van der Waals surface area contributed by atoms with Crippen molar-refractivity contribution >= 4 is 33.7 Å². The summed E-state index contributed by atoms with van der Waals surface area (Å²) in [6.45, 7) is 7.81. The van der Waals surface area contributed by atoms with Gasteiger partial charge in [-0.2, -0.15) is 0 Å². The molecule has 0 aliphatic carbocycles. The molecule has 0 atom stereocenters. The number of fused-ring (bicyclic) bond motifs is 1. The second-order valence-corrected chi connectivity index (χ2v) is 7.93. The summed E-state index contributed by atoms with van der Waals surface area (Å²) in [5.74, 6) is -0.106. The lowest BCUT2D eigenvalue weighted by Gasteiger charge is -2.23. The molecule has 0 saturated carbocycles. The van der Waals surface area contributed by atoms with Crippen LogP contribution in [-0.4, -0.2) is 25.1 Å². The third kappa shape index (κ3) is 3.47. The number of hydrogen-bond acceptors (Lipinski definition) is 5. The number of rotatable bonds is 4. The lowest BCUT2D eigenvalue weighted by molar-refractivity contribution is -0.115. The molecule has 148 valence electrons. The molecule has 3 aromatic heterocycles. The molecule has 0 aliphatic rings. The average molecular weight is 407 g/mol. The smallest absolute Gasteiger partial charge is 0.274 e. The third-order valence-electron chi connectivity index (χ3n) is 4.70. The summed E-state index contributed by atoms with van der Waals surface area (Å²) in [6, 6.07) is 9.53. The maximum absolute atomic E-state index is 12.5. The van der Waals surface area contributed by atoms with Crippen LogP contribution in [0.15, 0.2) is 46.7 Å². The van der Waals surface area contributed by atoms with E-state index in [0.717, 1.165) is 22.4 Å². The largest absolute Gasteiger partial charge is 0.350 e.